The minimum absolute atomic E-state index is 0.140. The average molecular weight is 156 g/mol. The van der Waals surface area contributed by atoms with Gasteiger partial charge in [0.15, 0.2) is 5.17 Å². The molecule has 0 unspecified atom stereocenters. The largest absolute Gasteiger partial charge is 0.472 e. The zero-order chi connectivity index (χ0) is 7.40. The van der Waals surface area contributed by atoms with Crippen LogP contribution in [0.5, 0.6) is 0 Å². The molecule has 1 rings (SSSR count). The topological polar surface area (TPSA) is 63.0 Å². The summed E-state index contributed by atoms with van der Waals surface area (Å²) in [6.45, 7) is 0. The van der Waals surface area contributed by atoms with E-state index in [0.717, 1.165) is 5.56 Å². The first-order valence-electron chi connectivity index (χ1n) is 2.77. The Morgan fingerprint density at radius 2 is 2.60 bits per heavy atom. The second-order valence-corrected chi connectivity index (χ2v) is 2.80. The van der Waals surface area contributed by atoms with Gasteiger partial charge in [-0.15, -0.1) is 0 Å². The van der Waals surface area contributed by atoms with Gasteiger partial charge in [0.05, 0.1) is 12.5 Å². The number of nitrogens with two attached hydrogens (primary N) is 1. The van der Waals surface area contributed by atoms with E-state index >= 15 is 0 Å². The summed E-state index contributed by atoms with van der Waals surface area (Å²) in [5.41, 5.74) is 6.18. The molecule has 3 nitrogen and oxygen atoms in total. The molecule has 4 heteroatoms. The second kappa shape index (κ2) is 3.31. The lowest BCUT2D eigenvalue weighted by atomic mass is 10.4. The van der Waals surface area contributed by atoms with Crippen LogP contribution in [0.1, 0.15) is 5.56 Å². The smallest absolute Gasteiger partial charge is 0.151 e. The monoisotopic (exact) mass is 156 g/mol. The number of hydrogen-bond acceptors (Lipinski definition) is 3. The van der Waals surface area contributed by atoms with Crippen LogP contribution in [0.3, 0.4) is 0 Å². The minimum Gasteiger partial charge on any atom is -0.472 e. The van der Waals surface area contributed by atoms with Crippen LogP contribution in [0.25, 0.3) is 0 Å². The van der Waals surface area contributed by atoms with Gasteiger partial charge >= 0.3 is 0 Å². The number of thioether (sulfide) groups is 1. The van der Waals surface area contributed by atoms with Gasteiger partial charge < -0.3 is 10.2 Å². The van der Waals surface area contributed by atoms with Crippen LogP contribution in [0, 0.1) is 5.41 Å². The SMILES string of the molecule is N=C(N)SCc1ccoc1. The maximum Gasteiger partial charge on any atom is 0.151 e. The lowest BCUT2D eigenvalue weighted by Gasteiger charge is -1.92. The molecule has 0 radical (unpaired) electrons. The van der Waals surface area contributed by atoms with E-state index in [2.05, 4.69) is 0 Å². The highest BCUT2D eigenvalue weighted by Gasteiger charge is 1.94. The molecule has 0 saturated carbocycles. The van der Waals surface area contributed by atoms with Crippen LogP contribution >= 0.6 is 11.8 Å². The molecule has 54 valence electrons. The predicted octanol–water partition coefficient (Wildman–Crippen LogP) is 1.41. The molecule has 0 aliphatic heterocycles. The molecule has 0 fully saturated rings. The van der Waals surface area contributed by atoms with E-state index < -0.39 is 0 Å². The van der Waals surface area contributed by atoms with E-state index in [0.29, 0.717) is 5.75 Å². The molecular weight excluding hydrogens is 148 g/mol. The molecule has 0 bridgehead atoms. The maximum atomic E-state index is 6.91. The minimum atomic E-state index is 0.140. The molecule has 1 aromatic rings. The van der Waals surface area contributed by atoms with E-state index in [9.17, 15) is 0 Å². The Hall–Kier alpha value is -0.900. The molecule has 1 aromatic heterocycles. The van der Waals surface area contributed by atoms with Gasteiger partial charge in [0.25, 0.3) is 0 Å². The molecule has 0 spiro atoms. The predicted molar refractivity (Wildman–Crippen MR) is 41.9 cm³/mol. The van der Waals surface area contributed by atoms with Gasteiger partial charge in [-0.3, -0.25) is 5.41 Å². The average Bonchev–Trinajstić information content (AvgIpc) is 2.34. The third-order valence-electron chi connectivity index (χ3n) is 0.974. The van der Waals surface area contributed by atoms with Crippen molar-refractivity contribution in [3.63, 3.8) is 0 Å². The van der Waals surface area contributed by atoms with Crippen molar-refractivity contribution >= 4 is 16.9 Å². The van der Waals surface area contributed by atoms with Crippen molar-refractivity contribution in [2.75, 3.05) is 0 Å². The summed E-state index contributed by atoms with van der Waals surface area (Å²) in [4.78, 5) is 0. The number of furan rings is 1. The first-order chi connectivity index (χ1) is 4.79. The summed E-state index contributed by atoms with van der Waals surface area (Å²) in [7, 11) is 0. The van der Waals surface area contributed by atoms with Crippen molar-refractivity contribution < 1.29 is 4.42 Å². The lowest BCUT2D eigenvalue weighted by Crippen LogP contribution is -2.03. The van der Waals surface area contributed by atoms with Gasteiger partial charge in [0, 0.05) is 11.3 Å². The van der Waals surface area contributed by atoms with E-state index in [1.165, 1.54) is 11.8 Å². The zero-order valence-electron chi connectivity index (χ0n) is 5.33. The Morgan fingerprint density at radius 3 is 3.10 bits per heavy atom. The van der Waals surface area contributed by atoms with Crippen LogP contribution in [0.15, 0.2) is 23.0 Å². The van der Waals surface area contributed by atoms with Crippen molar-refractivity contribution in [3.8, 4) is 0 Å². The van der Waals surface area contributed by atoms with Gasteiger partial charge in [0.2, 0.25) is 0 Å². The molecule has 3 N–H and O–H groups in total. The van der Waals surface area contributed by atoms with Crippen molar-refractivity contribution in [3.05, 3.63) is 24.2 Å². The lowest BCUT2D eigenvalue weighted by molar-refractivity contribution is 0.565. The molecule has 10 heavy (non-hydrogen) atoms. The summed E-state index contributed by atoms with van der Waals surface area (Å²) < 4.78 is 4.82. The fraction of sp³-hybridized carbons (Fsp3) is 0.167. The molecule has 0 atom stereocenters. The van der Waals surface area contributed by atoms with Crippen molar-refractivity contribution in [2.45, 2.75) is 5.75 Å². The third kappa shape index (κ3) is 2.14. The Bertz CT molecular complexity index is 208. The number of nitrogens with one attached hydrogen (secondary N) is 1. The zero-order valence-corrected chi connectivity index (χ0v) is 6.15. The number of rotatable bonds is 2. The molecule has 0 saturated heterocycles. The van der Waals surface area contributed by atoms with Gasteiger partial charge in [0.1, 0.15) is 0 Å². The Balaban J connectivity index is 2.35. The molecule has 0 amide bonds. The van der Waals surface area contributed by atoms with Crippen LogP contribution in [-0.2, 0) is 5.75 Å². The fourth-order valence-electron chi connectivity index (χ4n) is 0.536. The summed E-state index contributed by atoms with van der Waals surface area (Å²) in [5, 5.41) is 7.05. The van der Waals surface area contributed by atoms with Crippen molar-refractivity contribution in [1.82, 2.24) is 0 Å². The first kappa shape index (κ1) is 7.21. The standard InChI is InChI=1S/C6H8N2OS/c7-6(8)10-4-5-1-2-9-3-5/h1-3H,4H2,(H3,7,8). The third-order valence-corrected chi connectivity index (χ3v) is 1.76. The number of amidine groups is 1. The molecule has 0 aliphatic carbocycles. The molecule has 1 heterocycles. The first-order valence-corrected chi connectivity index (χ1v) is 3.75. The highest BCUT2D eigenvalue weighted by molar-refractivity contribution is 8.13. The van der Waals surface area contributed by atoms with E-state index in [1.54, 1.807) is 12.5 Å². The molecular formula is C6H8N2OS. The quantitative estimate of drug-likeness (QED) is 0.502. The summed E-state index contributed by atoms with van der Waals surface area (Å²) >= 11 is 1.29. The highest BCUT2D eigenvalue weighted by atomic mass is 32.2. The summed E-state index contributed by atoms with van der Waals surface area (Å²) in [6.07, 6.45) is 3.26. The van der Waals surface area contributed by atoms with Gasteiger partial charge in [-0.2, -0.15) is 0 Å². The van der Waals surface area contributed by atoms with E-state index in [1.807, 2.05) is 6.07 Å². The van der Waals surface area contributed by atoms with Crippen molar-refractivity contribution in [1.29, 1.82) is 5.41 Å². The molecule has 0 aromatic carbocycles. The number of hydrogen-bond donors (Lipinski definition) is 2. The van der Waals surface area contributed by atoms with Crippen molar-refractivity contribution in [2.24, 2.45) is 5.73 Å². The van der Waals surface area contributed by atoms with Crippen LogP contribution in [0.2, 0.25) is 0 Å². The van der Waals surface area contributed by atoms with Gasteiger partial charge in [-0.05, 0) is 6.07 Å². The maximum absolute atomic E-state index is 6.91. The second-order valence-electron chi connectivity index (χ2n) is 1.78. The highest BCUT2D eigenvalue weighted by Crippen LogP contribution is 2.10. The molecule has 0 aliphatic rings. The van der Waals surface area contributed by atoms with Crippen LogP contribution in [0.4, 0.5) is 0 Å². The Kier molecular flexibility index (Phi) is 2.39. The van der Waals surface area contributed by atoms with Gasteiger partial charge in [-0.25, -0.2) is 0 Å². The Labute approximate surface area is 63.1 Å². The normalized spacial score (nSPS) is 9.60. The van der Waals surface area contributed by atoms with E-state index in [4.69, 9.17) is 15.6 Å². The van der Waals surface area contributed by atoms with Crippen LogP contribution < -0.4 is 5.73 Å². The summed E-state index contributed by atoms with van der Waals surface area (Å²) in [5.74, 6) is 0.714. The van der Waals surface area contributed by atoms with E-state index in [-0.39, 0.29) is 5.17 Å². The van der Waals surface area contributed by atoms with Gasteiger partial charge in [-0.1, -0.05) is 11.8 Å². The van der Waals surface area contributed by atoms with Crippen LogP contribution in [-0.4, -0.2) is 5.17 Å². The fourth-order valence-corrected chi connectivity index (χ4v) is 1.02. The Morgan fingerprint density at radius 1 is 1.80 bits per heavy atom. The summed E-state index contributed by atoms with van der Waals surface area (Å²) in [6, 6.07) is 1.86.